The molecule has 7 nitrogen and oxygen atoms in total. The Hall–Kier alpha value is -2.12. The van der Waals surface area contributed by atoms with E-state index in [1.54, 1.807) is 31.4 Å². The van der Waals surface area contributed by atoms with Crippen LogP contribution in [0, 0.1) is 0 Å². The number of aliphatic carboxylic acids is 1. The molecule has 0 bridgehead atoms. The minimum atomic E-state index is -1.04. The van der Waals surface area contributed by atoms with Gasteiger partial charge in [-0.3, -0.25) is 4.79 Å². The molecule has 7 heteroatoms. The molecule has 1 aromatic rings. The molecule has 1 aliphatic rings. The van der Waals surface area contributed by atoms with Crippen molar-refractivity contribution >= 4 is 17.6 Å². The summed E-state index contributed by atoms with van der Waals surface area (Å²) in [4.78, 5) is 22.9. The van der Waals surface area contributed by atoms with Crippen molar-refractivity contribution in [3.63, 3.8) is 0 Å². The molecule has 1 saturated heterocycles. The Bertz CT molecular complexity index is 533. The maximum atomic E-state index is 12.1. The molecule has 0 saturated carbocycles. The fourth-order valence-corrected chi connectivity index (χ4v) is 2.14. The van der Waals surface area contributed by atoms with Gasteiger partial charge in [0.05, 0.1) is 6.61 Å². The largest absolute Gasteiger partial charge is 0.491 e. The molecule has 22 heavy (non-hydrogen) atoms. The number of hydrogen-bond donors (Lipinski definition) is 2. The van der Waals surface area contributed by atoms with Crippen LogP contribution in [0.25, 0.3) is 0 Å². The number of nitrogens with one attached hydrogen (secondary N) is 1. The second kappa shape index (κ2) is 7.77. The molecule has 120 valence electrons. The number of benzene rings is 1. The molecule has 1 aromatic carbocycles. The van der Waals surface area contributed by atoms with Gasteiger partial charge < -0.3 is 24.6 Å². The van der Waals surface area contributed by atoms with Gasteiger partial charge in [-0.15, -0.1) is 0 Å². The smallest absolute Gasteiger partial charge is 0.332 e. The molecule has 2 N–H and O–H groups in total. The Morgan fingerprint density at radius 1 is 1.32 bits per heavy atom. The zero-order valence-corrected chi connectivity index (χ0v) is 12.3. The standard InChI is InChI=1S/C15H19NO6/c1-20-7-8-21-11-4-2-3-10(9-11)16-14(17)12-5-6-13(22-12)15(18)19/h2-4,9,12-13H,5-8H2,1H3,(H,16,17)(H,18,19)/t12-,13+/m0/s1. The van der Waals surface area contributed by atoms with E-state index >= 15 is 0 Å². The molecule has 2 rings (SSSR count). The maximum absolute atomic E-state index is 12.1. The third kappa shape index (κ3) is 4.44. The van der Waals surface area contributed by atoms with Crippen LogP contribution in [0.1, 0.15) is 12.8 Å². The van der Waals surface area contributed by atoms with Crippen LogP contribution in [0.3, 0.4) is 0 Å². The van der Waals surface area contributed by atoms with Crippen LogP contribution in [-0.4, -0.2) is 49.5 Å². The number of amides is 1. The lowest BCUT2D eigenvalue weighted by Gasteiger charge is -2.13. The zero-order chi connectivity index (χ0) is 15.9. The predicted molar refractivity (Wildman–Crippen MR) is 78.0 cm³/mol. The van der Waals surface area contributed by atoms with E-state index in [1.807, 2.05) is 0 Å². The Morgan fingerprint density at radius 3 is 2.77 bits per heavy atom. The SMILES string of the molecule is COCCOc1cccc(NC(=O)[C@@H]2CC[C@H](C(=O)O)O2)c1. The first-order valence-corrected chi connectivity index (χ1v) is 7.01. The lowest BCUT2D eigenvalue weighted by Crippen LogP contribution is -2.29. The van der Waals surface area contributed by atoms with Crippen molar-refractivity contribution in [1.82, 2.24) is 0 Å². The Balaban J connectivity index is 1.89. The highest BCUT2D eigenvalue weighted by Gasteiger charge is 2.34. The fourth-order valence-electron chi connectivity index (χ4n) is 2.14. The number of methoxy groups -OCH3 is 1. The molecule has 1 fully saturated rings. The summed E-state index contributed by atoms with van der Waals surface area (Å²) >= 11 is 0. The summed E-state index contributed by atoms with van der Waals surface area (Å²) in [5.74, 6) is -0.771. The Kier molecular flexibility index (Phi) is 5.74. The minimum Gasteiger partial charge on any atom is -0.491 e. The number of carboxylic acid groups (broad SMARTS) is 1. The van der Waals surface area contributed by atoms with Crippen molar-refractivity contribution in [2.45, 2.75) is 25.0 Å². The first kappa shape index (κ1) is 16.3. The number of rotatable bonds is 7. The lowest BCUT2D eigenvalue weighted by molar-refractivity contribution is -0.150. The van der Waals surface area contributed by atoms with Gasteiger partial charge in [0.25, 0.3) is 5.91 Å². The van der Waals surface area contributed by atoms with E-state index in [9.17, 15) is 9.59 Å². The van der Waals surface area contributed by atoms with Crippen molar-refractivity contribution in [3.05, 3.63) is 24.3 Å². The minimum absolute atomic E-state index is 0.341. The van der Waals surface area contributed by atoms with Gasteiger partial charge in [0.15, 0.2) is 6.10 Å². The summed E-state index contributed by atoms with van der Waals surface area (Å²) in [6, 6.07) is 6.95. The summed E-state index contributed by atoms with van der Waals surface area (Å²) in [6.45, 7) is 0.892. The van der Waals surface area contributed by atoms with Crippen LogP contribution in [0.4, 0.5) is 5.69 Å². The number of carboxylic acids is 1. The van der Waals surface area contributed by atoms with Crippen LogP contribution in [0.15, 0.2) is 24.3 Å². The van der Waals surface area contributed by atoms with Crippen molar-refractivity contribution < 1.29 is 28.9 Å². The molecule has 0 radical (unpaired) electrons. The second-order valence-electron chi connectivity index (χ2n) is 4.89. The third-order valence-corrected chi connectivity index (χ3v) is 3.25. The van der Waals surface area contributed by atoms with Crippen LogP contribution in [-0.2, 0) is 19.1 Å². The average Bonchev–Trinajstić information content (AvgIpc) is 2.98. The lowest BCUT2D eigenvalue weighted by atomic mass is 10.2. The van der Waals surface area contributed by atoms with E-state index in [-0.39, 0.29) is 5.91 Å². The summed E-state index contributed by atoms with van der Waals surface area (Å²) in [7, 11) is 1.59. The number of carbonyl (C=O) groups excluding carboxylic acids is 1. The van der Waals surface area contributed by atoms with E-state index in [2.05, 4.69) is 5.32 Å². The number of ether oxygens (including phenoxy) is 3. The molecule has 0 aromatic heterocycles. The number of hydrogen-bond acceptors (Lipinski definition) is 5. The van der Waals surface area contributed by atoms with Gasteiger partial charge >= 0.3 is 5.97 Å². The van der Waals surface area contributed by atoms with E-state index in [1.165, 1.54) is 0 Å². The molecule has 1 aliphatic heterocycles. The van der Waals surface area contributed by atoms with Gasteiger partial charge in [-0.25, -0.2) is 4.79 Å². The van der Waals surface area contributed by atoms with E-state index < -0.39 is 18.2 Å². The number of anilines is 1. The molecule has 1 heterocycles. The van der Waals surface area contributed by atoms with Crippen LogP contribution in [0.5, 0.6) is 5.75 Å². The topological polar surface area (TPSA) is 94.1 Å². The molecular weight excluding hydrogens is 290 g/mol. The summed E-state index contributed by atoms with van der Waals surface area (Å²) in [5.41, 5.74) is 0.572. The number of carbonyl (C=O) groups is 2. The summed E-state index contributed by atoms with van der Waals surface area (Å²) in [6.07, 6.45) is -0.904. The van der Waals surface area contributed by atoms with Crippen molar-refractivity contribution in [1.29, 1.82) is 0 Å². The van der Waals surface area contributed by atoms with Crippen LogP contribution >= 0.6 is 0 Å². The van der Waals surface area contributed by atoms with Gasteiger partial charge in [0.2, 0.25) is 0 Å². The van der Waals surface area contributed by atoms with Crippen LogP contribution in [0.2, 0.25) is 0 Å². The van der Waals surface area contributed by atoms with Gasteiger partial charge in [-0.2, -0.15) is 0 Å². The first-order valence-electron chi connectivity index (χ1n) is 7.01. The third-order valence-electron chi connectivity index (χ3n) is 3.25. The summed E-state index contributed by atoms with van der Waals surface area (Å²) in [5, 5.41) is 11.6. The molecule has 0 unspecified atom stereocenters. The first-order chi connectivity index (χ1) is 10.6. The van der Waals surface area contributed by atoms with Crippen molar-refractivity contribution in [2.24, 2.45) is 0 Å². The highest BCUT2D eigenvalue weighted by Crippen LogP contribution is 2.22. The Morgan fingerprint density at radius 2 is 2.09 bits per heavy atom. The highest BCUT2D eigenvalue weighted by atomic mass is 16.5. The monoisotopic (exact) mass is 309 g/mol. The van der Waals surface area contributed by atoms with Crippen LogP contribution < -0.4 is 10.1 Å². The van der Waals surface area contributed by atoms with Gasteiger partial charge in [0.1, 0.15) is 18.5 Å². The molecule has 0 spiro atoms. The quantitative estimate of drug-likeness (QED) is 0.737. The maximum Gasteiger partial charge on any atom is 0.332 e. The zero-order valence-electron chi connectivity index (χ0n) is 12.3. The highest BCUT2D eigenvalue weighted by molar-refractivity contribution is 5.94. The molecule has 0 aliphatic carbocycles. The fraction of sp³-hybridized carbons (Fsp3) is 0.467. The Labute approximate surface area is 128 Å². The van der Waals surface area contributed by atoms with E-state index in [0.717, 1.165) is 0 Å². The second-order valence-corrected chi connectivity index (χ2v) is 4.89. The van der Waals surface area contributed by atoms with E-state index in [4.69, 9.17) is 19.3 Å². The average molecular weight is 309 g/mol. The summed E-state index contributed by atoms with van der Waals surface area (Å²) < 4.78 is 15.6. The molecule has 1 amide bonds. The van der Waals surface area contributed by atoms with Gasteiger partial charge in [-0.1, -0.05) is 6.07 Å². The van der Waals surface area contributed by atoms with E-state index in [0.29, 0.717) is 37.5 Å². The van der Waals surface area contributed by atoms with Gasteiger partial charge in [-0.05, 0) is 25.0 Å². The van der Waals surface area contributed by atoms with Crippen molar-refractivity contribution in [2.75, 3.05) is 25.6 Å². The molecule has 2 atom stereocenters. The van der Waals surface area contributed by atoms with Gasteiger partial charge in [0, 0.05) is 18.9 Å². The van der Waals surface area contributed by atoms with Crippen molar-refractivity contribution in [3.8, 4) is 5.75 Å². The predicted octanol–water partition coefficient (Wildman–Crippen LogP) is 1.28. The normalized spacial score (nSPS) is 20.6. The molecular formula is C15H19NO6.